The predicted octanol–water partition coefficient (Wildman–Crippen LogP) is 17.9. The number of allylic oxidation sites excluding steroid dienone is 8. The first kappa shape index (κ1) is 48.3. The molecule has 410 valence electrons. The molecule has 3 aliphatic rings. The summed E-state index contributed by atoms with van der Waals surface area (Å²) in [6.07, 6.45) is 25.6. The fourth-order valence-corrected chi connectivity index (χ4v) is 11.7. The van der Waals surface area contributed by atoms with Crippen LogP contribution in [0.2, 0.25) is 0 Å². The van der Waals surface area contributed by atoms with Gasteiger partial charge >= 0.3 is 0 Å². The number of hydrogen-bond donors (Lipinski definition) is 2. The highest BCUT2D eigenvalue weighted by Gasteiger charge is 2.34. The van der Waals surface area contributed by atoms with Crippen LogP contribution in [0.3, 0.4) is 0 Å². The van der Waals surface area contributed by atoms with E-state index in [0.717, 1.165) is 83.4 Å². The van der Waals surface area contributed by atoms with Gasteiger partial charge in [-0.3, -0.25) is 4.57 Å². The molecule has 0 saturated heterocycles. The van der Waals surface area contributed by atoms with Crippen LogP contribution in [0.15, 0.2) is 292 Å². The minimum atomic E-state index is -0.530. The number of nitrogens with one attached hydrogen (secondary N) is 2. The highest BCUT2D eigenvalue weighted by atomic mass is 16.5. The summed E-state index contributed by atoms with van der Waals surface area (Å²) < 4.78 is 54.3. The van der Waals surface area contributed by atoms with E-state index in [1.54, 1.807) is 6.07 Å². The molecule has 9 heteroatoms. The highest BCUT2D eigenvalue weighted by Crippen LogP contribution is 2.50. The predicted molar refractivity (Wildman–Crippen MR) is 358 cm³/mol. The van der Waals surface area contributed by atoms with Crippen LogP contribution in [0.4, 0.5) is 22.7 Å². The van der Waals surface area contributed by atoms with Crippen LogP contribution in [-0.2, 0) is 10.8 Å². The van der Waals surface area contributed by atoms with Gasteiger partial charge < -0.3 is 25.2 Å². The van der Waals surface area contributed by atoms with Gasteiger partial charge in [-0.25, -0.2) is 4.98 Å². The Kier molecular flexibility index (Phi) is 13.4. The number of benzene rings is 8. The van der Waals surface area contributed by atoms with Gasteiger partial charge in [-0.1, -0.05) is 183 Å². The lowest BCUT2D eigenvalue weighted by Crippen LogP contribution is -2.26. The molecule has 2 aromatic heterocycles. The van der Waals surface area contributed by atoms with E-state index in [-0.39, 0.29) is 23.1 Å². The van der Waals surface area contributed by atoms with Crippen LogP contribution in [0.25, 0.3) is 49.7 Å². The monoisotopic (exact) mass is 1100 g/mol. The summed E-state index contributed by atoms with van der Waals surface area (Å²) in [5.74, 6) is 5.74. The first-order valence-electron chi connectivity index (χ1n) is 31.2. The molecule has 0 atom stereocenters. The maximum Gasteiger partial charge on any atom is 0.182 e. The van der Waals surface area contributed by atoms with Crippen molar-refractivity contribution in [1.82, 2.24) is 20.2 Å². The van der Waals surface area contributed by atoms with Crippen LogP contribution in [0, 0.1) is 0 Å². The van der Waals surface area contributed by atoms with Crippen molar-refractivity contribution >= 4 is 70.1 Å². The van der Waals surface area contributed by atoms with E-state index in [2.05, 4.69) is 213 Å². The molecule has 0 fully saturated rings. The van der Waals surface area contributed by atoms with Crippen LogP contribution in [0.1, 0.15) is 67.9 Å². The molecular formula is C76H64B2N6O. The molecule has 7 nitrogen and oxygen atoms in total. The van der Waals surface area contributed by atoms with Crippen molar-refractivity contribution in [3.63, 3.8) is 0 Å². The zero-order valence-electron chi connectivity index (χ0n) is 52.9. The second-order valence-corrected chi connectivity index (χ2v) is 22.4. The summed E-state index contributed by atoms with van der Waals surface area (Å²) in [4.78, 5) is 9.68. The average Bonchev–Trinajstić information content (AvgIpc) is 1.54. The number of ether oxygens (including phenoxy) is 1. The Balaban J connectivity index is 0.979. The maximum absolute atomic E-state index is 9.32. The number of para-hydroxylation sites is 3. The Morgan fingerprint density at radius 3 is 1.80 bits per heavy atom. The molecule has 0 aliphatic carbocycles. The molecule has 0 bridgehead atoms. The van der Waals surface area contributed by atoms with Crippen molar-refractivity contribution < 1.29 is 11.6 Å². The molecule has 0 saturated carbocycles. The number of pyridine rings is 1. The van der Waals surface area contributed by atoms with Crippen molar-refractivity contribution in [2.75, 3.05) is 16.5 Å². The second kappa shape index (κ2) is 23.6. The molecule has 5 heterocycles. The lowest BCUT2D eigenvalue weighted by atomic mass is 9.63. The summed E-state index contributed by atoms with van der Waals surface area (Å²) in [7, 11) is 4.24. The first-order valence-corrected chi connectivity index (χ1v) is 28.7. The van der Waals surface area contributed by atoms with E-state index in [0.29, 0.717) is 29.4 Å². The van der Waals surface area contributed by atoms with Gasteiger partial charge in [0, 0.05) is 65.0 Å². The lowest BCUT2D eigenvalue weighted by molar-refractivity contribution is 0.483. The maximum atomic E-state index is 9.32. The van der Waals surface area contributed by atoms with Crippen LogP contribution in [-0.4, -0.2) is 30.8 Å². The highest BCUT2D eigenvalue weighted by molar-refractivity contribution is 6.67. The fourth-order valence-electron chi connectivity index (χ4n) is 11.7. The Morgan fingerprint density at radius 1 is 0.506 bits per heavy atom. The minimum Gasteiger partial charge on any atom is -0.457 e. The largest absolute Gasteiger partial charge is 0.457 e. The average molecular weight is 1100 g/mol. The Labute approximate surface area is 507 Å². The van der Waals surface area contributed by atoms with Gasteiger partial charge in [0.25, 0.3) is 0 Å². The number of aromatic nitrogens is 2. The van der Waals surface area contributed by atoms with Gasteiger partial charge in [-0.15, -0.1) is 12.0 Å². The summed E-state index contributed by atoms with van der Waals surface area (Å²) in [6, 6.07) is 56.8. The lowest BCUT2D eigenvalue weighted by Gasteiger charge is -2.32. The SMILES string of the molecule is [2H]c1c([2H])c([2H])c(-c2cc(Oc3ccc4c5cc(C(C)(C)C)ccc5n(-c5cc(C(C)(c6ccccc6)c6ccccc6)ccn5)c4c3)cc(N3CN(c4c(/C5=C/C=C\N/C=C\C=C/[B]5)cccc4/C4=C/C=C\N/C=C\C=C/[B]4)c4ccccc43)c2)c([2H])c1[2H]. The van der Waals surface area contributed by atoms with E-state index < -0.39 is 23.5 Å². The van der Waals surface area contributed by atoms with E-state index in [1.807, 2.05) is 110 Å². The molecule has 0 spiro atoms. The topological polar surface area (TPSA) is 57.6 Å². The summed E-state index contributed by atoms with van der Waals surface area (Å²) in [5, 5.41) is 8.53. The number of rotatable bonds is 11. The van der Waals surface area contributed by atoms with Crippen molar-refractivity contribution in [2.45, 2.75) is 38.5 Å². The third kappa shape index (κ3) is 10.9. The van der Waals surface area contributed by atoms with Crippen molar-refractivity contribution in [1.29, 1.82) is 0 Å². The van der Waals surface area contributed by atoms with E-state index in [4.69, 9.17) is 13.8 Å². The van der Waals surface area contributed by atoms with Crippen LogP contribution >= 0.6 is 0 Å². The Morgan fingerprint density at radius 2 is 1.14 bits per heavy atom. The van der Waals surface area contributed by atoms with Crippen molar-refractivity contribution in [3.05, 3.63) is 325 Å². The summed E-state index contributed by atoms with van der Waals surface area (Å²) >= 11 is 0. The molecule has 0 unspecified atom stereocenters. The third-order valence-corrected chi connectivity index (χ3v) is 16.1. The molecular weight excluding hydrogens is 1030 g/mol. The van der Waals surface area contributed by atoms with Gasteiger partial charge in [0.05, 0.1) is 34.9 Å². The molecule has 85 heavy (non-hydrogen) atoms. The van der Waals surface area contributed by atoms with Gasteiger partial charge in [0.1, 0.15) is 24.0 Å². The quantitative estimate of drug-likeness (QED) is 0.126. The third-order valence-electron chi connectivity index (χ3n) is 16.1. The molecule has 2 N–H and O–H groups in total. The minimum absolute atomic E-state index is 0.0618. The molecule has 3 aliphatic heterocycles. The fraction of sp³-hybridized carbons (Fsp3) is 0.0921. The van der Waals surface area contributed by atoms with E-state index >= 15 is 0 Å². The normalized spacial score (nSPS) is 18.6. The molecule has 8 aromatic carbocycles. The van der Waals surface area contributed by atoms with Gasteiger partial charge in [0.15, 0.2) is 14.6 Å². The van der Waals surface area contributed by atoms with Crippen molar-refractivity contribution in [2.24, 2.45) is 0 Å². The van der Waals surface area contributed by atoms with Gasteiger partial charge in [-0.2, -0.15) is 0 Å². The smallest absolute Gasteiger partial charge is 0.182 e. The Hall–Kier alpha value is -10.2. The molecule has 13 rings (SSSR count). The number of fused-ring (bicyclic) bond motifs is 4. The van der Waals surface area contributed by atoms with Crippen LogP contribution < -0.4 is 25.2 Å². The van der Waals surface area contributed by atoms with Gasteiger partial charge in [0.2, 0.25) is 0 Å². The zero-order valence-corrected chi connectivity index (χ0v) is 47.9. The van der Waals surface area contributed by atoms with E-state index in [9.17, 15) is 2.74 Å². The summed E-state index contributed by atoms with van der Waals surface area (Å²) in [5.41, 5.74) is 13.7. The van der Waals surface area contributed by atoms with Crippen molar-refractivity contribution in [3.8, 4) is 28.4 Å². The number of anilines is 4. The van der Waals surface area contributed by atoms with E-state index in [1.165, 1.54) is 5.56 Å². The molecule has 2 radical (unpaired) electrons. The van der Waals surface area contributed by atoms with Crippen LogP contribution in [0.5, 0.6) is 11.5 Å². The number of hydrogen-bond acceptors (Lipinski definition) is 6. The standard InChI is InChI=1S/C76H64B2N6O/c1-75(2,3)58-35-38-69-66(49-58)63-37-36-61(52-72(63)84(69)73-50-59(39-46-81-73)76(4,56-25-10-6-11-26-56)57-27-12-7-13-28-57)85-62-48-55(54-23-8-5-9-24-54)47-60(51-62)82-53-83(71-34-15-14-33-70(71)82)74-64(67-31-21-44-79-42-18-16-40-77-67)29-20-30-65(74)68-32-22-45-80-43-19-17-41-78-68/h5-52,79-80H,53H2,1-4H3/b40-16-,41-17-,42-18-,43-19-,44-21-,45-22-,67-31-,68-32-/i5D,8D,9D,23D,24D. The molecule has 10 aromatic rings. The second-order valence-electron chi connectivity index (χ2n) is 22.4. The first-order chi connectivity index (χ1) is 43.8. The summed E-state index contributed by atoms with van der Waals surface area (Å²) in [6.45, 7) is 9.29. The molecule has 0 amide bonds. The zero-order chi connectivity index (χ0) is 62.1. The number of nitrogens with zero attached hydrogens (tertiary/aromatic N) is 4. The van der Waals surface area contributed by atoms with Gasteiger partial charge in [-0.05, 0) is 142 Å². The Bertz CT molecular complexity index is 4560.